The van der Waals surface area contributed by atoms with Crippen molar-refractivity contribution in [2.75, 3.05) is 32.7 Å². The van der Waals surface area contributed by atoms with Crippen LogP contribution in [-0.4, -0.2) is 59.7 Å². The average molecular weight is 345 g/mol. The van der Waals surface area contributed by atoms with Crippen LogP contribution in [-0.2, 0) is 0 Å². The van der Waals surface area contributed by atoms with Crippen molar-refractivity contribution in [3.63, 3.8) is 0 Å². The zero-order valence-corrected chi connectivity index (χ0v) is 15.3. The maximum absolute atomic E-state index is 12.5. The molecule has 3 rings (SSSR count). The number of nitrogens with zero attached hydrogens (tertiary/aromatic N) is 2. The summed E-state index contributed by atoms with van der Waals surface area (Å²) in [5, 5.41) is 12.8. The molecule has 0 bridgehead atoms. The lowest BCUT2D eigenvalue weighted by Gasteiger charge is -2.36. The molecule has 2 aliphatic heterocycles. The molecule has 0 radical (unpaired) electrons. The van der Waals surface area contributed by atoms with E-state index in [1.165, 1.54) is 24.8 Å². The first-order chi connectivity index (χ1) is 12.2. The third kappa shape index (κ3) is 4.66. The van der Waals surface area contributed by atoms with Gasteiger partial charge in [0.1, 0.15) is 5.75 Å². The quantitative estimate of drug-likeness (QED) is 0.881. The Hall–Kier alpha value is -1.75. The second-order valence-electron chi connectivity index (χ2n) is 7.32. The first-order valence-corrected chi connectivity index (χ1v) is 9.73. The van der Waals surface area contributed by atoms with Crippen LogP contribution in [0, 0.1) is 0 Å². The summed E-state index contributed by atoms with van der Waals surface area (Å²) in [4.78, 5) is 16.9. The van der Waals surface area contributed by atoms with E-state index in [1.807, 2.05) is 17.0 Å². The third-order valence-electron chi connectivity index (χ3n) is 5.77. The number of hydrogen-bond donors (Lipinski definition) is 2. The van der Waals surface area contributed by atoms with E-state index in [-0.39, 0.29) is 6.03 Å². The Balaban J connectivity index is 1.45. The smallest absolute Gasteiger partial charge is 0.317 e. The second-order valence-corrected chi connectivity index (χ2v) is 7.32. The normalized spacial score (nSPS) is 22.8. The third-order valence-corrected chi connectivity index (χ3v) is 5.77. The molecule has 0 spiro atoms. The number of likely N-dealkylation sites (N-methyl/N-ethyl adjacent to an activating group) is 1. The van der Waals surface area contributed by atoms with Gasteiger partial charge in [-0.15, -0.1) is 0 Å². The molecule has 5 nitrogen and oxygen atoms in total. The maximum Gasteiger partial charge on any atom is 0.317 e. The van der Waals surface area contributed by atoms with Gasteiger partial charge in [-0.1, -0.05) is 25.5 Å². The van der Waals surface area contributed by atoms with Crippen molar-refractivity contribution >= 4 is 6.03 Å². The Bertz CT molecular complexity index is 570. The van der Waals surface area contributed by atoms with Crippen LogP contribution in [0.25, 0.3) is 0 Å². The second kappa shape index (κ2) is 8.56. The zero-order chi connectivity index (χ0) is 17.6. The molecular formula is C20H31N3O2. The number of urea groups is 1. The van der Waals surface area contributed by atoms with Crippen molar-refractivity contribution in [1.29, 1.82) is 0 Å². The number of phenolic OH excluding ortho intramolecular Hbond substituents is 1. The number of carbonyl (C=O) groups excluding carboxylic acids is 1. The molecule has 2 fully saturated rings. The van der Waals surface area contributed by atoms with Gasteiger partial charge < -0.3 is 15.3 Å². The van der Waals surface area contributed by atoms with Gasteiger partial charge in [0.2, 0.25) is 0 Å². The Morgan fingerprint density at radius 2 is 2.00 bits per heavy atom. The van der Waals surface area contributed by atoms with Crippen molar-refractivity contribution in [3.8, 4) is 5.75 Å². The average Bonchev–Trinajstić information content (AvgIpc) is 2.66. The first kappa shape index (κ1) is 18.1. The minimum atomic E-state index is 0.0796. The molecule has 1 atom stereocenters. The lowest BCUT2D eigenvalue weighted by atomic mass is 9.89. The number of benzene rings is 1. The monoisotopic (exact) mass is 345 g/mol. The summed E-state index contributed by atoms with van der Waals surface area (Å²) in [5.41, 5.74) is 1.18. The highest BCUT2D eigenvalue weighted by Gasteiger charge is 2.26. The van der Waals surface area contributed by atoms with Gasteiger partial charge in [0, 0.05) is 25.7 Å². The number of amides is 2. The number of hydrogen-bond acceptors (Lipinski definition) is 3. The van der Waals surface area contributed by atoms with E-state index in [4.69, 9.17) is 0 Å². The van der Waals surface area contributed by atoms with E-state index in [0.717, 1.165) is 45.6 Å². The summed E-state index contributed by atoms with van der Waals surface area (Å²) < 4.78 is 0. The Kier molecular flexibility index (Phi) is 6.19. The van der Waals surface area contributed by atoms with Gasteiger partial charge in [-0.05, 0) is 62.4 Å². The molecule has 2 saturated heterocycles. The summed E-state index contributed by atoms with van der Waals surface area (Å²) in [5.74, 6) is 0.760. The van der Waals surface area contributed by atoms with Crippen LogP contribution in [0.1, 0.15) is 50.5 Å². The van der Waals surface area contributed by atoms with Crippen LogP contribution in [0.4, 0.5) is 4.79 Å². The largest absolute Gasteiger partial charge is 0.508 e. The topological polar surface area (TPSA) is 55.8 Å². The Morgan fingerprint density at radius 3 is 2.72 bits per heavy atom. The van der Waals surface area contributed by atoms with Crippen LogP contribution in [0.15, 0.2) is 24.3 Å². The number of phenols is 1. The van der Waals surface area contributed by atoms with E-state index in [2.05, 4.69) is 23.2 Å². The van der Waals surface area contributed by atoms with Crippen LogP contribution in [0.2, 0.25) is 0 Å². The molecule has 1 aromatic rings. The van der Waals surface area contributed by atoms with Crippen molar-refractivity contribution in [2.24, 2.45) is 0 Å². The summed E-state index contributed by atoms with van der Waals surface area (Å²) in [6.45, 7) is 6.76. The molecule has 0 aromatic heterocycles. The van der Waals surface area contributed by atoms with Gasteiger partial charge >= 0.3 is 6.03 Å². The number of piperidine rings is 2. The number of nitrogens with one attached hydrogen (secondary N) is 1. The lowest BCUT2D eigenvalue weighted by Crippen LogP contribution is -2.50. The molecule has 0 saturated carbocycles. The van der Waals surface area contributed by atoms with Crippen LogP contribution < -0.4 is 5.32 Å². The van der Waals surface area contributed by atoms with Gasteiger partial charge in [0.25, 0.3) is 0 Å². The number of likely N-dealkylation sites (tertiary alicyclic amines) is 2. The van der Waals surface area contributed by atoms with Crippen LogP contribution in [0.5, 0.6) is 5.75 Å². The molecule has 2 aliphatic rings. The van der Waals surface area contributed by atoms with Crippen molar-refractivity contribution in [1.82, 2.24) is 15.1 Å². The lowest BCUT2D eigenvalue weighted by molar-refractivity contribution is 0.145. The maximum atomic E-state index is 12.5. The molecule has 0 unspecified atom stereocenters. The standard InChI is InChI=1S/C20H31N3O2/c1-2-22-11-4-3-7-18(22)15-21-20(25)23-12-9-16(10-13-23)17-6-5-8-19(24)14-17/h5-6,8,14,16,18,24H,2-4,7,9-13,15H2,1H3,(H,21,25)/t18-/m0/s1. The highest BCUT2D eigenvalue weighted by atomic mass is 16.3. The van der Waals surface area contributed by atoms with Gasteiger partial charge in [0.05, 0.1) is 0 Å². The van der Waals surface area contributed by atoms with Gasteiger partial charge in [-0.2, -0.15) is 0 Å². The summed E-state index contributed by atoms with van der Waals surface area (Å²) in [6.07, 6.45) is 5.66. The molecule has 138 valence electrons. The molecular weight excluding hydrogens is 314 g/mol. The van der Waals surface area contributed by atoms with E-state index in [9.17, 15) is 9.90 Å². The van der Waals surface area contributed by atoms with Crippen LogP contribution in [0.3, 0.4) is 0 Å². The van der Waals surface area contributed by atoms with E-state index in [1.54, 1.807) is 6.07 Å². The molecule has 2 heterocycles. The predicted octanol–water partition coefficient (Wildman–Crippen LogP) is 3.16. The Labute approximate surface area is 151 Å². The summed E-state index contributed by atoms with van der Waals surface area (Å²) >= 11 is 0. The van der Waals surface area contributed by atoms with Crippen molar-refractivity contribution in [2.45, 2.75) is 51.0 Å². The molecule has 0 aliphatic carbocycles. The molecule has 1 aromatic carbocycles. The summed E-state index contributed by atoms with van der Waals surface area (Å²) in [6, 6.07) is 8.10. The fourth-order valence-electron chi connectivity index (χ4n) is 4.22. The van der Waals surface area contributed by atoms with Gasteiger partial charge in [0.15, 0.2) is 0 Å². The molecule has 25 heavy (non-hydrogen) atoms. The predicted molar refractivity (Wildman–Crippen MR) is 99.9 cm³/mol. The summed E-state index contributed by atoms with van der Waals surface area (Å²) in [7, 11) is 0. The fourth-order valence-corrected chi connectivity index (χ4v) is 4.22. The number of aromatic hydroxyl groups is 1. The van der Waals surface area contributed by atoms with E-state index in [0.29, 0.717) is 17.7 Å². The number of rotatable bonds is 4. The Morgan fingerprint density at radius 1 is 1.20 bits per heavy atom. The molecule has 2 amide bonds. The zero-order valence-electron chi connectivity index (χ0n) is 15.3. The van der Waals surface area contributed by atoms with Gasteiger partial charge in [-0.3, -0.25) is 4.90 Å². The van der Waals surface area contributed by atoms with E-state index < -0.39 is 0 Å². The SMILES string of the molecule is CCN1CCCC[C@H]1CNC(=O)N1CCC(c2cccc(O)c2)CC1. The first-order valence-electron chi connectivity index (χ1n) is 9.73. The van der Waals surface area contributed by atoms with Crippen molar-refractivity contribution < 1.29 is 9.90 Å². The molecule has 2 N–H and O–H groups in total. The molecule has 5 heteroatoms. The minimum absolute atomic E-state index is 0.0796. The van der Waals surface area contributed by atoms with E-state index >= 15 is 0 Å². The van der Waals surface area contributed by atoms with Gasteiger partial charge in [-0.25, -0.2) is 4.79 Å². The van der Waals surface area contributed by atoms with Crippen LogP contribution >= 0.6 is 0 Å². The highest BCUT2D eigenvalue weighted by Crippen LogP contribution is 2.29. The number of carbonyl (C=O) groups is 1. The minimum Gasteiger partial charge on any atom is -0.508 e. The highest BCUT2D eigenvalue weighted by molar-refractivity contribution is 5.74. The van der Waals surface area contributed by atoms with Crippen molar-refractivity contribution in [3.05, 3.63) is 29.8 Å². The fraction of sp³-hybridized carbons (Fsp3) is 0.650.